The van der Waals surface area contributed by atoms with E-state index in [1.807, 2.05) is 48.9 Å². The Kier molecular flexibility index (Phi) is 2.87. The number of hydrogen-bond acceptors (Lipinski definition) is 1. The largest absolute Gasteiger partial charge is 0.206 e. The monoisotopic (exact) mass is 220 g/mol. The third kappa shape index (κ3) is 1.95. The van der Waals surface area contributed by atoms with Gasteiger partial charge in [0, 0.05) is 5.56 Å². The van der Waals surface area contributed by atoms with E-state index >= 15 is 0 Å². The van der Waals surface area contributed by atoms with Crippen molar-refractivity contribution < 1.29 is 4.39 Å². The van der Waals surface area contributed by atoms with E-state index in [-0.39, 0.29) is 11.7 Å². The lowest BCUT2D eigenvalue weighted by Gasteiger charge is -2.09. The van der Waals surface area contributed by atoms with Crippen LogP contribution in [-0.2, 0) is 0 Å². The second kappa shape index (κ2) is 4.15. The molecule has 1 aromatic heterocycles. The zero-order chi connectivity index (χ0) is 10.8. The third-order valence-corrected chi connectivity index (χ3v) is 3.17. The lowest BCUT2D eigenvalue weighted by molar-refractivity contribution is 0.602. The molecule has 0 spiro atoms. The number of hydrogen-bond donors (Lipinski definition) is 0. The molecule has 0 amide bonds. The summed E-state index contributed by atoms with van der Waals surface area (Å²) in [6.07, 6.45) is 0. The van der Waals surface area contributed by atoms with Gasteiger partial charge < -0.3 is 0 Å². The molecule has 0 nitrogen and oxygen atoms in total. The summed E-state index contributed by atoms with van der Waals surface area (Å²) in [6.45, 7) is 4.02. The van der Waals surface area contributed by atoms with Crippen LogP contribution in [0.1, 0.15) is 25.3 Å². The molecule has 0 N–H and O–H groups in total. The summed E-state index contributed by atoms with van der Waals surface area (Å²) < 4.78 is 14.1. The highest BCUT2D eigenvalue weighted by molar-refractivity contribution is 7.08. The van der Waals surface area contributed by atoms with Crippen LogP contribution < -0.4 is 0 Å². The molecule has 0 aliphatic carbocycles. The predicted molar refractivity (Wildman–Crippen MR) is 63.8 cm³/mol. The maximum absolute atomic E-state index is 14.1. The topological polar surface area (TPSA) is 0 Å². The zero-order valence-corrected chi connectivity index (χ0v) is 9.64. The van der Waals surface area contributed by atoms with Crippen LogP contribution >= 0.6 is 11.3 Å². The van der Waals surface area contributed by atoms with Gasteiger partial charge in [0.15, 0.2) is 0 Å². The Morgan fingerprint density at radius 3 is 2.60 bits per heavy atom. The first-order valence-electron chi connectivity index (χ1n) is 5.01. The molecule has 0 bridgehead atoms. The molecule has 0 atom stereocenters. The van der Waals surface area contributed by atoms with Crippen molar-refractivity contribution in [3.05, 3.63) is 46.4 Å². The van der Waals surface area contributed by atoms with Crippen molar-refractivity contribution in [3.8, 4) is 11.1 Å². The first kappa shape index (κ1) is 10.4. The maximum atomic E-state index is 14.1. The van der Waals surface area contributed by atoms with E-state index in [9.17, 15) is 4.39 Å². The van der Waals surface area contributed by atoms with Gasteiger partial charge >= 0.3 is 0 Å². The highest BCUT2D eigenvalue weighted by atomic mass is 32.1. The fourth-order valence-corrected chi connectivity index (χ4v) is 2.29. The van der Waals surface area contributed by atoms with Crippen molar-refractivity contribution in [2.45, 2.75) is 19.8 Å². The SMILES string of the molecule is CC(C)c1cccc(-c2ccsc2)c1F. The van der Waals surface area contributed by atoms with Crippen LogP contribution in [0, 0.1) is 5.82 Å². The molecule has 0 aliphatic heterocycles. The molecular weight excluding hydrogens is 207 g/mol. The maximum Gasteiger partial charge on any atom is 0.134 e. The quantitative estimate of drug-likeness (QED) is 0.689. The van der Waals surface area contributed by atoms with Gasteiger partial charge in [-0.2, -0.15) is 11.3 Å². The standard InChI is InChI=1S/C13H13FS/c1-9(2)11-4-3-5-12(13(11)14)10-6-7-15-8-10/h3-9H,1-2H3. The minimum absolute atomic E-state index is 0.0779. The Hall–Kier alpha value is -1.15. The van der Waals surface area contributed by atoms with Crippen molar-refractivity contribution in [2.75, 3.05) is 0 Å². The van der Waals surface area contributed by atoms with Crippen molar-refractivity contribution in [3.63, 3.8) is 0 Å². The van der Waals surface area contributed by atoms with Gasteiger partial charge in [-0.3, -0.25) is 0 Å². The van der Waals surface area contributed by atoms with E-state index in [1.54, 1.807) is 11.3 Å². The summed E-state index contributed by atoms with van der Waals surface area (Å²) >= 11 is 1.59. The van der Waals surface area contributed by atoms with Gasteiger partial charge in [-0.25, -0.2) is 4.39 Å². The lowest BCUT2D eigenvalue weighted by Crippen LogP contribution is -1.94. The van der Waals surface area contributed by atoms with Crippen LogP contribution in [0.2, 0.25) is 0 Å². The normalized spacial score (nSPS) is 10.9. The van der Waals surface area contributed by atoms with Crippen molar-refractivity contribution in [1.29, 1.82) is 0 Å². The van der Waals surface area contributed by atoms with Crippen LogP contribution in [0.4, 0.5) is 4.39 Å². The number of rotatable bonds is 2. The summed E-state index contributed by atoms with van der Waals surface area (Å²) in [5, 5.41) is 3.94. The van der Waals surface area contributed by atoms with Crippen LogP contribution in [0.3, 0.4) is 0 Å². The van der Waals surface area contributed by atoms with E-state index < -0.39 is 0 Å². The number of benzene rings is 1. The lowest BCUT2D eigenvalue weighted by atomic mass is 9.97. The zero-order valence-electron chi connectivity index (χ0n) is 8.83. The van der Waals surface area contributed by atoms with Crippen LogP contribution in [-0.4, -0.2) is 0 Å². The Morgan fingerprint density at radius 1 is 1.20 bits per heavy atom. The second-order valence-corrected chi connectivity index (χ2v) is 4.66. The van der Waals surface area contributed by atoms with Crippen LogP contribution in [0.5, 0.6) is 0 Å². The molecular formula is C13H13FS. The summed E-state index contributed by atoms with van der Waals surface area (Å²) in [7, 11) is 0. The van der Waals surface area contributed by atoms with E-state index in [4.69, 9.17) is 0 Å². The molecule has 1 aromatic carbocycles. The van der Waals surface area contributed by atoms with Crippen molar-refractivity contribution in [2.24, 2.45) is 0 Å². The molecule has 0 saturated heterocycles. The predicted octanol–water partition coefficient (Wildman–Crippen LogP) is 4.68. The van der Waals surface area contributed by atoms with Gasteiger partial charge in [0.05, 0.1) is 0 Å². The van der Waals surface area contributed by atoms with Crippen LogP contribution in [0.25, 0.3) is 11.1 Å². The highest BCUT2D eigenvalue weighted by Crippen LogP contribution is 2.29. The summed E-state index contributed by atoms with van der Waals surface area (Å²) in [5.74, 6) is 0.148. The molecule has 78 valence electrons. The average Bonchev–Trinajstić information content (AvgIpc) is 2.70. The Morgan fingerprint density at radius 2 is 2.00 bits per heavy atom. The first-order valence-corrected chi connectivity index (χ1v) is 5.95. The summed E-state index contributed by atoms with van der Waals surface area (Å²) in [5.41, 5.74) is 2.47. The molecule has 2 aromatic rings. The van der Waals surface area contributed by atoms with Gasteiger partial charge in [0.2, 0.25) is 0 Å². The molecule has 0 radical (unpaired) electrons. The van der Waals surface area contributed by atoms with E-state index in [1.165, 1.54) is 0 Å². The van der Waals surface area contributed by atoms with Gasteiger partial charge in [0.25, 0.3) is 0 Å². The Balaban J connectivity index is 2.54. The number of halogens is 1. The van der Waals surface area contributed by atoms with Crippen LogP contribution in [0.15, 0.2) is 35.0 Å². The Labute approximate surface area is 93.4 Å². The highest BCUT2D eigenvalue weighted by Gasteiger charge is 2.11. The van der Waals surface area contributed by atoms with Gasteiger partial charge in [-0.1, -0.05) is 32.0 Å². The van der Waals surface area contributed by atoms with Gasteiger partial charge in [-0.15, -0.1) is 0 Å². The molecule has 15 heavy (non-hydrogen) atoms. The minimum Gasteiger partial charge on any atom is -0.206 e. The summed E-state index contributed by atoms with van der Waals surface area (Å²) in [4.78, 5) is 0. The first-order chi connectivity index (χ1) is 7.20. The molecule has 2 rings (SSSR count). The van der Waals surface area contributed by atoms with Gasteiger partial charge in [0.1, 0.15) is 5.82 Å². The third-order valence-electron chi connectivity index (χ3n) is 2.48. The fraction of sp³-hybridized carbons (Fsp3) is 0.231. The molecule has 2 heteroatoms. The fourth-order valence-electron chi connectivity index (χ4n) is 1.64. The smallest absolute Gasteiger partial charge is 0.134 e. The molecule has 0 fully saturated rings. The van der Waals surface area contributed by atoms with E-state index in [0.29, 0.717) is 5.56 Å². The second-order valence-electron chi connectivity index (χ2n) is 3.88. The average molecular weight is 220 g/mol. The number of thiophene rings is 1. The van der Waals surface area contributed by atoms with Crippen molar-refractivity contribution in [1.82, 2.24) is 0 Å². The summed E-state index contributed by atoms with van der Waals surface area (Å²) in [6, 6.07) is 7.57. The molecule has 1 heterocycles. The van der Waals surface area contributed by atoms with Gasteiger partial charge in [-0.05, 0) is 33.9 Å². The molecule has 0 unspecified atom stereocenters. The molecule has 0 aliphatic rings. The Bertz CT molecular complexity index is 444. The van der Waals surface area contributed by atoms with E-state index in [0.717, 1.165) is 11.1 Å². The molecule has 0 saturated carbocycles. The van der Waals surface area contributed by atoms with E-state index in [2.05, 4.69) is 0 Å². The van der Waals surface area contributed by atoms with Crippen molar-refractivity contribution >= 4 is 11.3 Å². The minimum atomic E-state index is -0.0779.